The molecule has 0 saturated carbocycles. The second kappa shape index (κ2) is 6.62. The summed E-state index contributed by atoms with van der Waals surface area (Å²) in [4.78, 5) is 8.75. The SMILES string of the molecule is Cc1nn(-c2ccccc2F)c2ncnc(NCC3C(C)NNC3C)c12. The van der Waals surface area contributed by atoms with Crippen LogP contribution in [0.2, 0.25) is 0 Å². The summed E-state index contributed by atoms with van der Waals surface area (Å²) in [6.07, 6.45) is 1.49. The second-order valence-corrected chi connectivity index (χ2v) is 6.78. The fourth-order valence-corrected chi connectivity index (χ4v) is 3.52. The number of hydrogen-bond acceptors (Lipinski definition) is 6. The summed E-state index contributed by atoms with van der Waals surface area (Å²) in [5, 5.41) is 8.75. The zero-order chi connectivity index (χ0) is 18.3. The summed E-state index contributed by atoms with van der Waals surface area (Å²) in [6, 6.07) is 7.27. The molecule has 3 N–H and O–H groups in total. The van der Waals surface area contributed by atoms with E-state index in [2.05, 4.69) is 45.1 Å². The Morgan fingerprint density at radius 3 is 2.62 bits per heavy atom. The molecule has 2 unspecified atom stereocenters. The molecule has 3 aromatic rings. The number of aryl methyl sites for hydroxylation is 1. The van der Waals surface area contributed by atoms with Crippen molar-refractivity contribution in [2.45, 2.75) is 32.9 Å². The van der Waals surface area contributed by atoms with Crippen LogP contribution in [0.1, 0.15) is 19.5 Å². The topological polar surface area (TPSA) is 79.7 Å². The quantitative estimate of drug-likeness (QED) is 0.666. The molecule has 7 nitrogen and oxygen atoms in total. The Balaban J connectivity index is 1.70. The Morgan fingerprint density at radius 1 is 1.15 bits per heavy atom. The highest BCUT2D eigenvalue weighted by Gasteiger charge is 2.29. The van der Waals surface area contributed by atoms with Crippen molar-refractivity contribution < 1.29 is 4.39 Å². The maximum atomic E-state index is 14.2. The molecule has 1 aliphatic heterocycles. The average Bonchev–Trinajstić information content (AvgIpc) is 3.14. The Morgan fingerprint density at radius 2 is 1.88 bits per heavy atom. The normalized spacial score (nSPS) is 22.8. The van der Waals surface area contributed by atoms with Gasteiger partial charge in [0.25, 0.3) is 0 Å². The summed E-state index contributed by atoms with van der Waals surface area (Å²) in [5.41, 5.74) is 8.24. The van der Waals surface area contributed by atoms with E-state index in [0.717, 1.165) is 23.4 Å². The van der Waals surface area contributed by atoms with Crippen molar-refractivity contribution in [3.63, 3.8) is 0 Å². The van der Waals surface area contributed by atoms with Crippen molar-refractivity contribution in [3.05, 3.63) is 42.1 Å². The number of nitrogens with one attached hydrogen (secondary N) is 3. The third kappa shape index (κ3) is 2.81. The van der Waals surface area contributed by atoms with Crippen LogP contribution in [-0.4, -0.2) is 38.4 Å². The zero-order valence-electron chi connectivity index (χ0n) is 15.0. The largest absolute Gasteiger partial charge is 0.369 e. The summed E-state index contributed by atoms with van der Waals surface area (Å²) < 4.78 is 15.8. The Hall–Kier alpha value is -2.58. The molecule has 1 fully saturated rings. The monoisotopic (exact) mass is 355 g/mol. The Kier molecular flexibility index (Phi) is 4.29. The summed E-state index contributed by atoms with van der Waals surface area (Å²) in [7, 11) is 0. The number of hydrogen-bond donors (Lipinski definition) is 3. The van der Waals surface area contributed by atoms with Gasteiger partial charge in [0.1, 0.15) is 23.6 Å². The van der Waals surface area contributed by atoms with Gasteiger partial charge in [0.15, 0.2) is 5.65 Å². The molecule has 136 valence electrons. The van der Waals surface area contributed by atoms with E-state index in [9.17, 15) is 4.39 Å². The first kappa shape index (κ1) is 16.9. The van der Waals surface area contributed by atoms with E-state index in [1.54, 1.807) is 18.2 Å². The van der Waals surface area contributed by atoms with Crippen molar-refractivity contribution in [1.82, 2.24) is 30.6 Å². The molecular weight excluding hydrogens is 333 g/mol. The molecule has 0 radical (unpaired) electrons. The first-order valence-electron chi connectivity index (χ1n) is 8.76. The number of hydrazine groups is 1. The fourth-order valence-electron chi connectivity index (χ4n) is 3.52. The molecule has 0 amide bonds. The highest BCUT2D eigenvalue weighted by atomic mass is 19.1. The van der Waals surface area contributed by atoms with Gasteiger partial charge in [0.2, 0.25) is 0 Å². The molecule has 0 spiro atoms. The highest BCUT2D eigenvalue weighted by molar-refractivity contribution is 5.90. The maximum Gasteiger partial charge on any atom is 0.168 e. The molecule has 3 heterocycles. The first-order chi connectivity index (χ1) is 12.6. The second-order valence-electron chi connectivity index (χ2n) is 6.78. The van der Waals surface area contributed by atoms with Gasteiger partial charge in [-0.05, 0) is 32.9 Å². The molecule has 4 rings (SSSR count). The standard InChI is InChI=1S/C18H22FN7/c1-10-13(11(2)24-23-10)8-20-17-16-12(3)25-26(18(16)22-9-21-17)15-7-5-4-6-14(15)19/h4-7,9-11,13,23-24H,8H2,1-3H3,(H,20,21,22). The van der Waals surface area contributed by atoms with Crippen molar-refractivity contribution >= 4 is 16.9 Å². The van der Waals surface area contributed by atoms with Gasteiger partial charge >= 0.3 is 0 Å². The first-order valence-corrected chi connectivity index (χ1v) is 8.76. The molecule has 1 aromatic carbocycles. The molecule has 0 bridgehead atoms. The van der Waals surface area contributed by atoms with E-state index in [1.807, 2.05) is 6.92 Å². The van der Waals surface area contributed by atoms with Crippen LogP contribution in [0.15, 0.2) is 30.6 Å². The molecule has 2 aromatic heterocycles. The minimum absolute atomic E-state index is 0.337. The lowest BCUT2D eigenvalue weighted by Gasteiger charge is -2.18. The summed E-state index contributed by atoms with van der Waals surface area (Å²) >= 11 is 0. The van der Waals surface area contributed by atoms with Gasteiger partial charge in [-0.15, -0.1) is 0 Å². The third-order valence-corrected chi connectivity index (χ3v) is 5.05. The fraction of sp³-hybridized carbons (Fsp3) is 0.389. The minimum atomic E-state index is -0.337. The van der Waals surface area contributed by atoms with Gasteiger partial charge in [-0.1, -0.05) is 12.1 Å². The van der Waals surface area contributed by atoms with Crippen molar-refractivity contribution in [2.75, 3.05) is 11.9 Å². The number of aromatic nitrogens is 4. The Labute approximate surface area is 151 Å². The molecule has 1 saturated heterocycles. The van der Waals surface area contributed by atoms with Crippen LogP contribution in [-0.2, 0) is 0 Å². The molecular formula is C18H22FN7. The molecule has 8 heteroatoms. The Bertz CT molecular complexity index is 928. The van der Waals surface area contributed by atoms with E-state index >= 15 is 0 Å². The number of para-hydroxylation sites is 1. The predicted octanol–water partition coefficient (Wildman–Crippen LogP) is 2.18. The summed E-state index contributed by atoms with van der Waals surface area (Å²) in [5.74, 6) is 0.805. The van der Waals surface area contributed by atoms with Gasteiger partial charge < -0.3 is 5.32 Å². The number of anilines is 1. The van der Waals surface area contributed by atoms with Crippen LogP contribution in [0.25, 0.3) is 16.7 Å². The smallest absolute Gasteiger partial charge is 0.168 e. The lowest BCUT2D eigenvalue weighted by Crippen LogP contribution is -2.30. The summed E-state index contributed by atoms with van der Waals surface area (Å²) in [6.45, 7) is 6.96. The molecule has 2 atom stereocenters. The van der Waals surface area contributed by atoms with E-state index < -0.39 is 0 Å². The van der Waals surface area contributed by atoms with E-state index in [-0.39, 0.29) is 5.82 Å². The van der Waals surface area contributed by atoms with E-state index in [4.69, 9.17) is 0 Å². The maximum absolute atomic E-state index is 14.2. The van der Waals surface area contributed by atoms with Gasteiger partial charge in [-0.3, -0.25) is 10.9 Å². The van der Waals surface area contributed by atoms with Crippen LogP contribution >= 0.6 is 0 Å². The molecule has 26 heavy (non-hydrogen) atoms. The van der Waals surface area contributed by atoms with Gasteiger partial charge in [0.05, 0.1) is 11.1 Å². The average molecular weight is 355 g/mol. The van der Waals surface area contributed by atoms with Crippen LogP contribution in [0.5, 0.6) is 0 Å². The lowest BCUT2D eigenvalue weighted by atomic mass is 9.97. The molecule has 0 aliphatic carbocycles. The minimum Gasteiger partial charge on any atom is -0.369 e. The van der Waals surface area contributed by atoms with Crippen LogP contribution in [0.4, 0.5) is 10.2 Å². The third-order valence-electron chi connectivity index (χ3n) is 5.05. The number of nitrogens with zero attached hydrogens (tertiary/aromatic N) is 4. The van der Waals surface area contributed by atoms with Crippen LogP contribution in [0.3, 0.4) is 0 Å². The zero-order valence-corrected chi connectivity index (χ0v) is 15.0. The number of fused-ring (bicyclic) bond motifs is 1. The van der Waals surface area contributed by atoms with Crippen LogP contribution in [0, 0.1) is 18.7 Å². The molecule has 1 aliphatic rings. The highest BCUT2D eigenvalue weighted by Crippen LogP contribution is 2.27. The predicted molar refractivity (Wildman–Crippen MR) is 98.5 cm³/mol. The van der Waals surface area contributed by atoms with Gasteiger partial charge in [0, 0.05) is 24.5 Å². The number of rotatable bonds is 4. The van der Waals surface area contributed by atoms with E-state index in [1.165, 1.54) is 17.1 Å². The van der Waals surface area contributed by atoms with Gasteiger partial charge in [-0.2, -0.15) is 5.10 Å². The lowest BCUT2D eigenvalue weighted by molar-refractivity contribution is 0.466. The van der Waals surface area contributed by atoms with E-state index in [0.29, 0.717) is 29.3 Å². The van der Waals surface area contributed by atoms with Crippen molar-refractivity contribution in [2.24, 2.45) is 5.92 Å². The van der Waals surface area contributed by atoms with Crippen molar-refractivity contribution in [3.8, 4) is 5.69 Å². The van der Waals surface area contributed by atoms with Crippen molar-refractivity contribution in [1.29, 1.82) is 0 Å². The number of benzene rings is 1. The van der Waals surface area contributed by atoms with Gasteiger partial charge in [-0.25, -0.2) is 19.0 Å². The van der Waals surface area contributed by atoms with Crippen LogP contribution < -0.4 is 16.2 Å². The number of halogens is 1.